The van der Waals surface area contributed by atoms with E-state index in [1.165, 1.54) is 0 Å². The van der Waals surface area contributed by atoms with Crippen LogP contribution in [0.4, 0.5) is 0 Å². The van der Waals surface area contributed by atoms with E-state index in [-0.39, 0.29) is 12.6 Å². The highest BCUT2D eigenvalue weighted by molar-refractivity contribution is 5.75. The third-order valence-corrected chi connectivity index (χ3v) is 4.41. The molecule has 1 aromatic carbocycles. The number of aryl methyl sites for hydroxylation is 1. The molecular weight excluding hydrogens is 384 g/mol. The van der Waals surface area contributed by atoms with Gasteiger partial charge in [0.1, 0.15) is 29.5 Å². The van der Waals surface area contributed by atoms with Crippen molar-refractivity contribution in [3.8, 4) is 17.3 Å². The number of hydrogen-bond acceptors (Lipinski definition) is 7. The quantitative estimate of drug-likeness (QED) is 0.465. The molecule has 7 heteroatoms. The summed E-state index contributed by atoms with van der Waals surface area (Å²) in [4.78, 5) is 20.7. The average Bonchev–Trinajstić information content (AvgIpc) is 3.14. The van der Waals surface area contributed by atoms with Gasteiger partial charge in [-0.1, -0.05) is 18.2 Å². The fourth-order valence-electron chi connectivity index (χ4n) is 2.89. The van der Waals surface area contributed by atoms with Crippen molar-refractivity contribution >= 4 is 5.97 Å². The van der Waals surface area contributed by atoms with Gasteiger partial charge in [0.25, 0.3) is 0 Å². The Kier molecular flexibility index (Phi) is 7.57. The second-order valence-electron chi connectivity index (χ2n) is 6.57. The first kappa shape index (κ1) is 21.5. The van der Waals surface area contributed by atoms with Crippen molar-refractivity contribution in [2.75, 3.05) is 13.2 Å². The molecule has 0 aliphatic carbocycles. The Morgan fingerprint density at radius 1 is 1.10 bits per heavy atom. The summed E-state index contributed by atoms with van der Waals surface area (Å²) in [6.07, 6.45) is 1.54. The first-order valence-corrected chi connectivity index (χ1v) is 9.98. The van der Waals surface area contributed by atoms with Crippen LogP contribution < -0.4 is 4.74 Å². The van der Waals surface area contributed by atoms with Gasteiger partial charge in [-0.25, -0.2) is 9.78 Å². The molecule has 3 aromatic rings. The lowest BCUT2D eigenvalue weighted by Crippen LogP contribution is -2.28. The molecule has 0 N–H and O–H groups in total. The fourth-order valence-corrected chi connectivity index (χ4v) is 2.89. The predicted molar refractivity (Wildman–Crippen MR) is 111 cm³/mol. The number of benzene rings is 1. The monoisotopic (exact) mass is 410 g/mol. The number of carbonyl (C=O) groups excluding carboxylic acids is 1. The fraction of sp³-hybridized carbons (Fsp3) is 0.348. The molecule has 1 atom stereocenters. The maximum atomic E-state index is 12.0. The third kappa shape index (κ3) is 5.67. The van der Waals surface area contributed by atoms with Gasteiger partial charge in [0.15, 0.2) is 6.10 Å². The highest BCUT2D eigenvalue weighted by atomic mass is 16.6. The van der Waals surface area contributed by atoms with Gasteiger partial charge in [-0.15, -0.1) is 0 Å². The van der Waals surface area contributed by atoms with Gasteiger partial charge in [-0.3, -0.25) is 4.98 Å². The Bertz CT molecular complexity index is 938. The van der Waals surface area contributed by atoms with Crippen LogP contribution in [0.5, 0.6) is 5.75 Å². The van der Waals surface area contributed by atoms with Gasteiger partial charge in [0, 0.05) is 19.2 Å². The second-order valence-corrected chi connectivity index (χ2v) is 6.57. The molecular formula is C23H26N2O5. The van der Waals surface area contributed by atoms with Crippen molar-refractivity contribution in [2.24, 2.45) is 0 Å². The minimum Gasteiger partial charge on any atom is -0.487 e. The van der Waals surface area contributed by atoms with Crippen LogP contribution in [-0.2, 0) is 27.3 Å². The van der Waals surface area contributed by atoms with E-state index in [0.717, 1.165) is 11.3 Å². The Morgan fingerprint density at radius 3 is 2.57 bits per heavy atom. The van der Waals surface area contributed by atoms with Gasteiger partial charge >= 0.3 is 5.97 Å². The number of hydrogen-bond donors (Lipinski definition) is 0. The molecule has 0 amide bonds. The summed E-state index contributed by atoms with van der Waals surface area (Å²) >= 11 is 0. The van der Waals surface area contributed by atoms with Crippen LogP contribution in [0.1, 0.15) is 30.9 Å². The maximum absolute atomic E-state index is 12.0. The highest BCUT2D eigenvalue weighted by Gasteiger charge is 2.20. The number of oxazole rings is 1. The molecule has 7 nitrogen and oxygen atoms in total. The van der Waals surface area contributed by atoms with Gasteiger partial charge in [-0.05, 0) is 50.6 Å². The predicted octanol–water partition coefficient (Wildman–Crippen LogP) is 4.13. The third-order valence-electron chi connectivity index (χ3n) is 4.41. The van der Waals surface area contributed by atoms with Crippen LogP contribution in [0.25, 0.3) is 11.6 Å². The number of pyridine rings is 1. The minimum absolute atomic E-state index is 0.284. The zero-order valence-corrected chi connectivity index (χ0v) is 17.5. The van der Waals surface area contributed by atoms with E-state index in [1.54, 1.807) is 13.1 Å². The lowest BCUT2D eigenvalue weighted by molar-refractivity contribution is -0.156. The lowest BCUT2D eigenvalue weighted by atomic mass is 10.1. The topological polar surface area (TPSA) is 83.7 Å². The SMILES string of the molecule is CCOC(=O)[C@H](Cc1ccc(OCc2nc(-c3ccccn3)oc2C)cc1)OCC. The highest BCUT2D eigenvalue weighted by Crippen LogP contribution is 2.21. The van der Waals surface area contributed by atoms with E-state index in [9.17, 15) is 4.79 Å². The van der Waals surface area contributed by atoms with Crippen molar-refractivity contribution in [1.29, 1.82) is 0 Å². The summed E-state index contributed by atoms with van der Waals surface area (Å²) in [6, 6.07) is 13.1. The molecule has 158 valence electrons. The number of aromatic nitrogens is 2. The molecule has 0 aliphatic rings. The molecule has 0 saturated carbocycles. The maximum Gasteiger partial charge on any atom is 0.335 e. The van der Waals surface area contributed by atoms with Gasteiger partial charge < -0.3 is 18.6 Å². The smallest absolute Gasteiger partial charge is 0.335 e. The first-order chi connectivity index (χ1) is 14.6. The van der Waals surface area contributed by atoms with Crippen molar-refractivity contribution in [2.45, 2.75) is 39.9 Å². The zero-order chi connectivity index (χ0) is 21.3. The standard InChI is InChI=1S/C23H26N2O5/c1-4-27-21(23(26)28-5-2)14-17-9-11-18(12-10-17)29-15-20-16(3)30-22(25-20)19-8-6-7-13-24-19/h6-13,21H,4-5,14-15H2,1-3H3/t21-/m0/s1. The summed E-state index contributed by atoms with van der Waals surface area (Å²) < 4.78 is 22.2. The number of esters is 1. The van der Waals surface area contributed by atoms with Gasteiger partial charge in [-0.2, -0.15) is 0 Å². The molecule has 3 rings (SSSR count). The zero-order valence-electron chi connectivity index (χ0n) is 17.5. The number of nitrogens with zero attached hydrogens (tertiary/aromatic N) is 2. The van der Waals surface area contributed by atoms with E-state index >= 15 is 0 Å². The Morgan fingerprint density at radius 2 is 1.90 bits per heavy atom. The van der Waals surface area contributed by atoms with Crippen LogP contribution in [0.3, 0.4) is 0 Å². The normalized spacial score (nSPS) is 11.8. The van der Waals surface area contributed by atoms with Crippen LogP contribution in [0, 0.1) is 6.92 Å². The van der Waals surface area contributed by atoms with E-state index in [0.29, 0.717) is 42.7 Å². The van der Waals surface area contributed by atoms with Crippen LogP contribution in [-0.4, -0.2) is 35.3 Å². The van der Waals surface area contributed by atoms with Crippen molar-refractivity contribution in [3.05, 3.63) is 65.7 Å². The largest absolute Gasteiger partial charge is 0.487 e. The molecule has 0 spiro atoms. The summed E-state index contributed by atoms with van der Waals surface area (Å²) in [6.45, 7) is 6.55. The van der Waals surface area contributed by atoms with Gasteiger partial charge in [0.2, 0.25) is 5.89 Å². The second kappa shape index (κ2) is 10.5. The average molecular weight is 410 g/mol. The number of rotatable bonds is 10. The molecule has 2 heterocycles. The van der Waals surface area contributed by atoms with Crippen LogP contribution in [0.2, 0.25) is 0 Å². The van der Waals surface area contributed by atoms with E-state index in [2.05, 4.69) is 9.97 Å². The molecule has 0 bridgehead atoms. The minimum atomic E-state index is -0.607. The number of carbonyl (C=O) groups is 1. The van der Waals surface area contributed by atoms with Crippen molar-refractivity contribution in [3.63, 3.8) is 0 Å². The molecule has 30 heavy (non-hydrogen) atoms. The first-order valence-electron chi connectivity index (χ1n) is 9.98. The summed E-state index contributed by atoms with van der Waals surface area (Å²) in [7, 11) is 0. The summed E-state index contributed by atoms with van der Waals surface area (Å²) in [5, 5.41) is 0. The van der Waals surface area contributed by atoms with Crippen molar-refractivity contribution in [1.82, 2.24) is 9.97 Å². The number of ether oxygens (including phenoxy) is 3. The van der Waals surface area contributed by atoms with Gasteiger partial charge in [0.05, 0.1) is 6.61 Å². The van der Waals surface area contributed by atoms with E-state index in [4.69, 9.17) is 18.6 Å². The summed E-state index contributed by atoms with van der Waals surface area (Å²) in [5.41, 5.74) is 2.36. The molecule has 2 aromatic heterocycles. The molecule has 0 aliphatic heterocycles. The van der Waals surface area contributed by atoms with E-state index < -0.39 is 6.10 Å². The van der Waals surface area contributed by atoms with E-state index in [1.807, 2.05) is 56.3 Å². The Balaban J connectivity index is 1.60. The van der Waals surface area contributed by atoms with Crippen LogP contribution in [0.15, 0.2) is 53.1 Å². The molecule has 0 fully saturated rings. The molecule has 0 radical (unpaired) electrons. The van der Waals surface area contributed by atoms with Crippen LogP contribution >= 0.6 is 0 Å². The Hall–Kier alpha value is -3.19. The molecule has 0 saturated heterocycles. The van der Waals surface area contributed by atoms with Crippen molar-refractivity contribution < 1.29 is 23.4 Å². The Labute approximate surface area is 176 Å². The summed E-state index contributed by atoms with van der Waals surface area (Å²) in [5.74, 6) is 1.53. The lowest BCUT2D eigenvalue weighted by Gasteiger charge is -2.15. The molecule has 0 unspecified atom stereocenters.